The molecule has 12 heteroatoms. The lowest BCUT2D eigenvalue weighted by atomic mass is 9.55. The zero-order chi connectivity index (χ0) is 22.9. The third kappa shape index (κ3) is 3.00. The van der Waals surface area contributed by atoms with Crippen LogP contribution in [0.3, 0.4) is 0 Å². The van der Waals surface area contributed by atoms with Gasteiger partial charge in [-0.25, -0.2) is 9.59 Å². The molecule has 4 atom stereocenters. The molecule has 3 unspecified atom stereocenters. The lowest BCUT2D eigenvalue weighted by Crippen LogP contribution is -2.61. The molecular formula is C19H16F6O6. The minimum absolute atomic E-state index is 0.187. The van der Waals surface area contributed by atoms with Crippen LogP contribution in [0.2, 0.25) is 0 Å². The predicted octanol–water partition coefficient (Wildman–Crippen LogP) is 3.39. The molecule has 0 N–H and O–H groups in total. The zero-order valence-corrected chi connectivity index (χ0v) is 15.8. The Balaban J connectivity index is 1.78. The van der Waals surface area contributed by atoms with Crippen molar-refractivity contribution >= 4 is 23.9 Å². The monoisotopic (exact) mass is 454 g/mol. The van der Waals surface area contributed by atoms with Gasteiger partial charge in [-0.3, -0.25) is 9.59 Å². The molecule has 0 aromatic carbocycles. The maximum Gasteiger partial charge on any atom is 0.403 e. The number of hydrogen-bond acceptors (Lipinski definition) is 6. The van der Waals surface area contributed by atoms with Crippen molar-refractivity contribution in [3.05, 3.63) is 11.1 Å². The smallest absolute Gasteiger partial charge is 0.393 e. The second-order valence-electron chi connectivity index (χ2n) is 8.40. The highest BCUT2D eigenvalue weighted by Crippen LogP contribution is 2.66. The van der Waals surface area contributed by atoms with Crippen molar-refractivity contribution in [2.75, 3.05) is 0 Å². The summed E-state index contributed by atoms with van der Waals surface area (Å²) in [5, 5.41) is 0. The van der Waals surface area contributed by atoms with Crippen LogP contribution in [0.25, 0.3) is 0 Å². The fourth-order valence-electron chi connectivity index (χ4n) is 5.77. The van der Waals surface area contributed by atoms with Gasteiger partial charge in [-0.05, 0) is 50.4 Å². The molecule has 2 heterocycles. The van der Waals surface area contributed by atoms with E-state index in [0.717, 1.165) is 0 Å². The average molecular weight is 454 g/mol. The Labute approximate surface area is 170 Å². The minimum Gasteiger partial charge on any atom is -0.393 e. The van der Waals surface area contributed by atoms with Crippen LogP contribution < -0.4 is 0 Å². The van der Waals surface area contributed by atoms with Crippen molar-refractivity contribution < 1.29 is 55.0 Å². The molecule has 2 aliphatic carbocycles. The SMILES string of the molecule is O=C1OC(=O)C2=C1CCC(C(C1CCC3C(=O)OC(=O)[C@@H]3C1)(C(F)(F)F)C(F)(F)F)C2. The number of cyclic esters (lactones) is 4. The third-order valence-corrected chi connectivity index (χ3v) is 7.12. The van der Waals surface area contributed by atoms with E-state index in [0.29, 0.717) is 0 Å². The Morgan fingerprint density at radius 3 is 1.87 bits per heavy atom. The van der Waals surface area contributed by atoms with Gasteiger partial charge in [0.2, 0.25) is 0 Å². The first-order valence-electron chi connectivity index (χ1n) is 9.66. The lowest BCUT2D eigenvalue weighted by molar-refractivity contribution is -0.381. The second kappa shape index (κ2) is 6.80. The number of esters is 4. The molecule has 0 radical (unpaired) electrons. The molecule has 0 aromatic rings. The fourth-order valence-corrected chi connectivity index (χ4v) is 5.77. The quantitative estimate of drug-likeness (QED) is 0.361. The summed E-state index contributed by atoms with van der Waals surface area (Å²) in [5.41, 5.74) is -4.86. The lowest BCUT2D eigenvalue weighted by Gasteiger charge is -2.50. The van der Waals surface area contributed by atoms with Crippen molar-refractivity contribution in [2.24, 2.45) is 29.1 Å². The Morgan fingerprint density at radius 2 is 1.26 bits per heavy atom. The third-order valence-electron chi connectivity index (χ3n) is 7.12. The topological polar surface area (TPSA) is 86.7 Å². The number of carbonyl (C=O) groups excluding carboxylic acids is 4. The summed E-state index contributed by atoms with van der Waals surface area (Å²) < 4.78 is 95.0. The van der Waals surface area contributed by atoms with Crippen LogP contribution >= 0.6 is 0 Å². The van der Waals surface area contributed by atoms with Gasteiger partial charge < -0.3 is 9.47 Å². The molecule has 1 saturated heterocycles. The molecule has 4 rings (SSSR count). The molecule has 31 heavy (non-hydrogen) atoms. The maximum atomic E-state index is 14.4. The zero-order valence-electron chi connectivity index (χ0n) is 15.8. The molecule has 2 aliphatic heterocycles. The van der Waals surface area contributed by atoms with Gasteiger partial charge in [-0.2, -0.15) is 26.3 Å². The predicted molar refractivity (Wildman–Crippen MR) is 85.4 cm³/mol. The van der Waals surface area contributed by atoms with E-state index in [4.69, 9.17) is 0 Å². The first-order valence-corrected chi connectivity index (χ1v) is 9.66. The highest BCUT2D eigenvalue weighted by Gasteiger charge is 2.77. The Kier molecular flexibility index (Phi) is 4.78. The van der Waals surface area contributed by atoms with Gasteiger partial charge in [0, 0.05) is 11.1 Å². The van der Waals surface area contributed by atoms with Crippen LogP contribution in [0.4, 0.5) is 26.3 Å². The van der Waals surface area contributed by atoms with Gasteiger partial charge in [-0.15, -0.1) is 0 Å². The van der Waals surface area contributed by atoms with Gasteiger partial charge in [0.05, 0.1) is 11.8 Å². The summed E-state index contributed by atoms with van der Waals surface area (Å²) in [6, 6.07) is 0. The van der Waals surface area contributed by atoms with Gasteiger partial charge in [-0.1, -0.05) is 0 Å². The minimum atomic E-state index is -5.76. The van der Waals surface area contributed by atoms with E-state index in [2.05, 4.69) is 9.47 Å². The van der Waals surface area contributed by atoms with E-state index < -0.39 is 103 Å². The van der Waals surface area contributed by atoms with Crippen molar-refractivity contribution in [1.82, 2.24) is 0 Å². The van der Waals surface area contributed by atoms with Gasteiger partial charge >= 0.3 is 36.2 Å². The second-order valence-corrected chi connectivity index (χ2v) is 8.40. The molecule has 1 saturated carbocycles. The summed E-state index contributed by atoms with van der Waals surface area (Å²) in [4.78, 5) is 47.0. The van der Waals surface area contributed by atoms with Gasteiger partial charge in [0.25, 0.3) is 0 Å². The number of ether oxygens (including phenoxy) is 2. The number of hydrogen-bond donors (Lipinski definition) is 0. The average Bonchev–Trinajstić information content (AvgIpc) is 3.09. The van der Waals surface area contributed by atoms with Crippen LogP contribution in [-0.4, -0.2) is 36.2 Å². The van der Waals surface area contributed by atoms with Crippen LogP contribution in [0.5, 0.6) is 0 Å². The van der Waals surface area contributed by atoms with Crippen molar-refractivity contribution in [3.8, 4) is 0 Å². The largest absolute Gasteiger partial charge is 0.403 e. The molecule has 0 amide bonds. The van der Waals surface area contributed by atoms with Crippen LogP contribution in [0.15, 0.2) is 11.1 Å². The number of fused-ring (bicyclic) bond motifs is 1. The van der Waals surface area contributed by atoms with E-state index in [-0.39, 0.29) is 12.0 Å². The highest BCUT2D eigenvalue weighted by atomic mass is 19.4. The molecular weight excluding hydrogens is 438 g/mol. The molecule has 0 spiro atoms. The summed E-state index contributed by atoms with van der Waals surface area (Å²) in [6.07, 6.45) is -15.2. The number of halogens is 6. The molecule has 0 aromatic heterocycles. The van der Waals surface area contributed by atoms with Crippen molar-refractivity contribution in [3.63, 3.8) is 0 Å². The highest BCUT2D eigenvalue weighted by molar-refractivity contribution is 6.12. The molecule has 170 valence electrons. The molecule has 2 fully saturated rings. The van der Waals surface area contributed by atoms with Crippen molar-refractivity contribution in [2.45, 2.75) is 50.9 Å². The number of alkyl halides is 6. The van der Waals surface area contributed by atoms with Gasteiger partial charge in [0.15, 0.2) is 5.41 Å². The van der Waals surface area contributed by atoms with Crippen molar-refractivity contribution in [1.29, 1.82) is 0 Å². The van der Waals surface area contributed by atoms with Gasteiger partial charge in [0.1, 0.15) is 0 Å². The standard InChI is InChI=1S/C19H16F6O6/c20-18(21,22)17(19(23,24)25,7-1-3-9-11(5-7)15(28)30-13(9)26)8-2-4-10-12(6-8)16(29)31-14(10)27/h7-9,11H,1-6H2/t7?,8?,9?,11-/m1/s1. The Bertz CT molecular complexity index is 887. The normalized spacial score (nSPS) is 32.1. The van der Waals surface area contributed by atoms with E-state index >= 15 is 0 Å². The summed E-state index contributed by atoms with van der Waals surface area (Å²) >= 11 is 0. The summed E-state index contributed by atoms with van der Waals surface area (Å²) in [7, 11) is 0. The van der Waals surface area contributed by atoms with E-state index in [1.807, 2.05) is 0 Å². The van der Waals surface area contributed by atoms with E-state index in [1.165, 1.54) is 0 Å². The fraction of sp³-hybridized carbons (Fsp3) is 0.684. The number of carbonyl (C=O) groups is 4. The Morgan fingerprint density at radius 1 is 0.677 bits per heavy atom. The van der Waals surface area contributed by atoms with Crippen LogP contribution in [0, 0.1) is 29.1 Å². The van der Waals surface area contributed by atoms with Crippen LogP contribution in [-0.2, 0) is 28.7 Å². The van der Waals surface area contributed by atoms with E-state index in [1.54, 1.807) is 0 Å². The summed E-state index contributed by atoms with van der Waals surface area (Å²) in [6.45, 7) is 0. The molecule has 4 aliphatic rings. The van der Waals surface area contributed by atoms with E-state index in [9.17, 15) is 45.5 Å². The number of rotatable bonds is 2. The first kappa shape index (κ1) is 21.8. The maximum absolute atomic E-state index is 14.4. The Hall–Kier alpha value is -2.40. The summed E-state index contributed by atoms with van der Waals surface area (Å²) in [5.74, 6) is -10.9. The molecule has 6 nitrogen and oxygen atoms in total. The van der Waals surface area contributed by atoms with Crippen LogP contribution in [0.1, 0.15) is 38.5 Å². The first-order chi connectivity index (χ1) is 14.3. The molecule has 0 bridgehead atoms.